The SMILES string of the molecule is CCCCN(CCCC)C(CC)Oc1ccc(C(=O)c2cn3ccc(C)cc3n2)cc1. The van der Waals surface area contributed by atoms with Gasteiger partial charge in [-0.2, -0.15) is 0 Å². The topological polar surface area (TPSA) is 46.8 Å². The van der Waals surface area contributed by atoms with Gasteiger partial charge >= 0.3 is 0 Å². The van der Waals surface area contributed by atoms with Gasteiger partial charge in [-0.25, -0.2) is 4.98 Å². The summed E-state index contributed by atoms with van der Waals surface area (Å²) in [6.07, 6.45) is 9.41. The molecule has 3 rings (SSSR count). The van der Waals surface area contributed by atoms with E-state index in [1.54, 1.807) is 6.20 Å². The number of ether oxygens (including phenoxy) is 1. The van der Waals surface area contributed by atoms with E-state index in [0.29, 0.717) is 11.3 Å². The van der Waals surface area contributed by atoms with Crippen LogP contribution in [0.25, 0.3) is 5.65 Å². The van der Waals surface area contributed by atoms with Crippen molar-refractivity contribution in [2.75, 3.05) is 13.1 Å². The number of ketones is 1. The molecule has 0 bridgehead atoms. The van der Waals surface area contributed by atoms with Crippen LogP contribution in [0.15, 0.2) is 48.8 Å². The highest BCUT2D eigenvalue weighted by Crippen LogP contribution is 2.20. The van der Waals surface area contributed by atoms with E-state index < -0.39 is 0 Å². The maximum Gasteiger partial charge on any atom is 0.212 e. The van der Waals surface area contributed by atoms with E-state index in [1.807, 2.05) is 53.9 Å². The number of unbranched alkanes of at least 4 members (excludes halogenated alkanes) is 2. The maximum atomic E-state index is 12.9. The summed E-state index contributed by atoms with van der Waals surface area (Å²) in [5.41, 5.74) is 2.98. The summed E-state index contributed by atoms with van der Waals surface area (Å²) in [6, 6.07) is 11.4. The second-order valence-electron chi connectivity index (χ2n) is 8.17. The van der Waals surface area contributed by atoms with E-state index in [2.05, 4.69) is 30.7 Å². The van der Waals surface area contributed by atoms with E-state index in [-0.39, 0.29) is 12.0 Å². The van der Waals surface area contributed by atoms with Gasteiger partial charge in [0.05, 0.1) is 0 Å². The smallest absolute Gasteiger partial charge is 0.212 e. The fourth-order valence-corrected chi connectivity index (χ4v) is 3.72. The molecule has 0 saturated heterocycles. The third kappa shape index (κ3) is 5.95. The Bertz CT molecular complexity index is 970. The molecule has 1 aromatic carbocycles. The van der Waals surface area contributed by atoms with Crippen molar-refractivity contribution >= 4 is 11.4 Å². The number of fused-ring (bicyclic) bond motifs is 1. The van der Waals surface area contributed by atoms with Crippen molar-refractivity contribution in [2.45, 2.75) is 66.0 Å². The van der Waals surface area contributed by atoms with Crippen molar-refractivity contribution < 1.29 is 9.53 Å². The van der Waals surface area contributed by atoms with Crippen LogP contribution < -0.4 is 4.74 Å². The Balaban J connectivity index is 1.70. The van der Waals surface area contributed by atoms with Gasteiger partial charge in [-0.15, -0.1) is 0 Å². The van der Waals surface area contributed by atoms with E-state index in [4.69, 9.17) is 4.74 Å². The average molecular weight is 422 g/mol. The molecule has 2 aromatic heterocycles. The summed E-state index contributed by atoms with van der Waals surface area (Å²) in [5, 5.41) is 0. The molecule has 0 amide bonds. The van der Waals surface area contributed by atoms with Crippen molar-refractivity contribution in [3.05, 3.63) is 65.6 Å². The number of nitrogens with zero attached hydrogens (tertiary/aromatic N) is 3. The van der Waals surface area contributed by atoms with Gasteiger partial charge in [-0.05, 0) is 68.1 Å². The summed E-state index contributed by atoms with van der Waals surface area (Å²) in [5.74, 6) is 0.722. The van der Waals surface area contributed by atoms with Crippen molar-refractivity contribution in [1.29, 1.82) is 0 Å². The highest BCUT2D eigenvalue weighted by molar-refractivity contribution is 6.08. The Morgan fingerprint density at radius 1 is 1.06 bits per heavy atom. The molecule has 0 saturated carbocycles. The van der Waals surface area contributed by atoms with Gasteiger partial charge in [0.2, 0.25) is 5.78 Å². The first-order valence-corrected chi connectivity index (χ1v) is 11.6. The van der Waals surface area contributed by atoms with E-state index >= 15 is 0 Å². The van der Waals surface area contributed by atoms with Gasteiger partial charge in [0.15, 0.2) is 6.23 Å². The molecular formula is C26H35N3O2. The van der Waals surface area contributed by atoms with Gasteiger partial charge in [0.25, 0.3) is 0 Å². The molecule has 3 aromatic rings. The van der Waals surface area contributed by atoms with Crippen LogP contribution in [0.2, 0.25) is 0 Å². The number of benzene rings is 1. The largest absolute Gasteiger partial charge is 0.475 e. The Hall–Kier alpha value is -2.66. The summed E-state index contributed by atoms with van der Waals surface area (Å²) >= 11 is 0. The zero-order chi connectivity index (χ0) is 22.2. The Morgan fingerprint density at radius 2 is 1.74 bits per heavy atom. The fourth-order valence-electron chi connectivity index (χ4n) is 3.72. The minimum Gasteiger partial charge on any atom is -0.475 e. The highest BCUT2D eigenvalue weighted by Gasteiger charge is 2.18. The van der Waals surface area contributed by atoms with Crippen LogP contribution in [0.4, 0.5) is 0 Å². The van der Waals surface area contributed by atoms with E-state index in [9.17, 15) is 4.79 Å². The molecule has 0 spiro atoms. The van der Waals surface area contributed by atoms with Gasteiger partial charge in [-0.3, -0.25) is 9.69 Å². The second-order valence-corrected chi connectivity index (χ2v) is 8.17. The first kappa shape index (κ1) is 23.0. The zero-order valence-corrected chi connectivity index (χ0v) is 19.3. The van der Waals surface area contributed by atoms with Crippen LogP contribution in [0, 0.1) is 6.92 Å². The molecule has 0 aliphatic rings. The number of pyridine rings is 1. The molecule has 0 fully saturated rings. The van der Waals surface area contributed by atoms with Crippen molar-refractivity contribution in [1.82, 2.24) is 14.3 Å². The summed E-state index contributed by atoms with van der Waals surface area (Å²) in [4.78, 5) is 19.8. The summed E-state index contributed by atoms with van der Waals surface area (Å²) in [7, 11) is 0. The molecule has 5 heteroatoms. The predicted molar refractivity (Wildman–Crippen MR) is 126 cm³/mol. The van der Waals surface area contributed by atoms with Gasteiger partial charge in [0, 0.05) is 31.0 Å². The van der Waals surface area contributed by atoms with Crippen LogP contribution in [0.1, 0.15) is 74.5 Å². The minimum atomic E-state index is -0.0764. The lowest BCUT2D eigenvalue weighted by atomic mass is 10.1. The van der Waals surface area contributed by atoms with Crippen LogP contribution in [-0.4, -0.2) is 39.4 Å². The normalized spacial score (nSPS) is 12.4. The van der Waals surface area contributed by atoms with Crippen molar-refractivity contribution in [2.24, 2.45) is 0 Å². The number of carbonyl (C=O) groups is 1. The van der Waals surface area contributed by atoms with Crippen molar-refractivity contribution in [3.8, 4) is 5.75 Å². The monoisotopic (exact) mass is 421 g/mol. The molecule has 0 aliphatic carbocycles. The lowest BCUT2D eigenvalue weighted by Gasteiger charge is -2.31. The average Bonchev–Trinajstić information content (AvgIpc) is 3.21. The lowest BCUT2D eigenvalue weighted by Crippen LogP contribution is -2.40. The molecule has 5 nitrogen and oxygen atoms in total. The molecule has 1 unspecified atom stereocenters. The number of hydrogen-bond acceptors (Lipinski definition) is 4. The number of hydrogen-bond donors (Lipinski definition) is 0. The molecule has 0 aliphatic heterocycles. The van der Waals surface area contributed by atoms with Crippen molar-refractivity contribution in [3.63, 3.8) is 0 Å². The first-order chi connectivity index (χ1) is 15.0. The molecule has 166 valence electrons. The highest BCUT2D eigenvalue weighted by atomic mass is 16.5. The molecule has 1 atom stereocenters. The number of imidazole rings is 1. The van der Waals surface area contributed by atoms with Gasteiger partial charge in [-0.1, -0.05) is 33.6 Å². The molecule has 0 N–H and O–H groups in total. The Kier molecular flexibility index (Phi) is 8.24. The Morgan fingerprint density at radius 3 is 2.35 bits per heavy atom. The van der Waals surface area contributed by atoms with Crippen LogP contribution in [-0.2, 0) is 0 Å². The second kappa shape index (κ2) is 11.1. The zero-order valence-electron chi connectivity index (χ0n) is 19.3. The van der Waals surface area contributed by atoms with E-state index in [1.165, 1.54) is 25.7 Å². The molecule has 0 radical (unpaired) electrons. The summed E-state index contributed by atoms with van der Waals surface area (Å²) < 4.78 is 8.20. The number of carbonyl (C=O) groups excluding carboxylic acids is 1. The number of aromatic nitrogens is 2. The molecular weight excluding hydrogens is 386 g/mol. The summed E-state index contributed by atoms with van der Waals surface area (Å²) in [6.45, 7) is 10.7. The third-order valence-corrected chi connectivity index (χ3v) is 5.59. The third-order valence-electron chi connectivity index (χ3n) is 5.59. The van der Waals surface area contributed by atoms with Crippen LogP contribution >= 0.6 is 0 Å². The van der Waals surface area contributed by atoms with Crippen LogP contribution in [0.3, 0.4) is 0 Å². The molecule has 2 heterocycles. The van der Waals surface area contributed by atoms with E-state index in [0.717, 1.165) is 36.5 Å². The fraction of sp³-hybridized carbons (Fsp3) is 0.462. The predicted octanol–water partition coefficient (Wildman–Crippen LogP) is 5.89. The first-order valence-electron chi connectivity index (χ1n) is 11.6. The molecule has 31 heavy (non-hydrogen) atoms. The minimum absolute atomic E-state index is 0.0568. The lowest BCUT2D eigenvalue weighted by molar-refractivity contribution is 0.0202. The quantitative estimate of drug-likeness (QED) is 0.270. The maximum absolute atomic E-state index is 12.9. The van der Waals surface area contributed by atoms with Gasteiger partial charge in [0.1, 0.15) is 17.1 Å². The number of aryl methyl sites for hydroxylation is 1. The standard InChI is InChI=1S/C26H35N3O2/c1-5-8-15-28(16-9-6-2)25(7-3)31-22-12-10-21(11-13-22)26(30)23-19-29-17-14-20(4)18-24(29)27-23/h10-14,17-19,25H,5-9,15-16H2,1-4H3. The Labute approximate surface area is 186 Å². The van der Waals surface area contributed by atoms with Crippen LogP contribution in [0.5, 0.6) is 5.75 Å². The number of rotatable bonds is 12. The van der Waals surface area contributed by atoms with Gasteiger partial charge < -0.3 is 9.14 Å².